The van der Waals surface area contributed by atoms with Gasteiger partial charge in [-0.15, -0.1) is 13.2 Å². The van der Waals surface area contributed by atoms with Crippen LogP contribution in [0.15, 0.2) is 24.3 Å². The van der Waals surface area contributed by atoms with E-state index in [0.717, 1.165) is 12.0 Å². The number of halogens is 3. The number of ketones is 1. The van der Waals surface area contributed by atoms with Gasteiger partial charge in [-0.3, -0.25) is 4.79 Å². The number of urea groups is 1. The van der Waals surface area contributed by atoms with Gasteiger partial charge < -0.3 is 19.3 Å². The van der Waals surface area contributed by atoms with Crippen molar-refractivity contribution in [2.75, 3.05) is 32.8 Å². The van der Waals surface area contributed by atoms with E-state index < -0.39 is 6.36 Å². The lowest BCUT2D eigenvalue weighted by Gasteiger charge is -2.46. The first-order valence-corrected chi connectivity index (χ1v) is 9.31. The lowest BCUT2D eigenvalue weighted by Crippen LogP contribution is -2.58. The van der Waals surface area contributed by atoms with E-state index in [9.17, 15) is 22.8 Å². The number of likely N-dealkylation sites (tertiary alicyclic amines) is 2. The Labute approximate surface area is 160 Å². The van der Waals surface area contributed by atoms with Crippen LogP contribution in [0.25, 0.3) is 0 Å². The highest BCUT2D eigenvalue weighted by atomic mass is 19.4. The van der Waals surface area contributed by atoms with Crippen molar-refractivity contribution in [3.8, 4) is 5.75 Å². The minimum atomic E-state index is -4.71. The lowest BCUT2D eigenvalue weighted by molar-refractivity contribution is -0.274. The minimum Gasteiger partial charge on any atom is -0.406 e. The van der Waals surface area contributed by atoms with E-state index >= 15 is 0 Å². The molecule has 1 aromatic rings. The largest absolute Gasteiger partial charge is 0.573 e. The molecule has 0 bridgehead atoms. The van der Waals surface area contributed by atoms with Gasteiger partial charge in [0.25, 0.3) is 0 Å². The zero-order valence-electron chi connectivity index (χ0n) is 15.2. The molecular formula is C19H21F3N2O4. The SMILES string of the molecule is O=C1CO[C@H]2CCN(C(=O)N3CC(c4ccc(OC(F)(F)F)cc4)C3)C[C@H]2C1. The molecule has 4 rings (SSSR count). The summed E-state index contributed by atoms with van der Waals surface area (Å²) in [6.07, 6.45) is -3.45. The van der Waals surface area contributed by atoms with Crippen molar-refractivity contribution in [3.05, 3.63) is 29.8 Å². The van der Waals surface area contributed by atoms with Crippen LogP contribution in [0, 0.1) is 5.92 Å². The fourth-order valence-corrected chi connectivity index (χ4v) is 4.14. The molecule has 3 heterocycles. The Morgan fingerprint density at radius 3 is 2.50 bits per heavy atom. The number of hydrogen-bond donors (Lipinski definition) is 0. The van der Waals surface area contributed by atoms with Gasteiger partial charge in [-0.05, 0) is 24.1 Å². The molecule has 0 aromatic heterocycles. The summed E-state index contributed by atoms with van der Waals surface area (Å²) in [6.45, 7) is 2.37. The van der Waals surface area contributed by atoms with Gasteiger partial charge in [0.1, 0.15) is 12.4 Å². The van der Waals surface area contributed by atoms with Gasteiger partial charge in [0.05, 0.1) is 6.10 Å². The zero-order chi connectivity index (χ0) is 19.9. The van der Waals surface area contributed by atoms with Crippen molar-refractivity contribution in [3.63, 3.8) is 0 Å². The van der Waals surface area contributed by atoms with Gasteiger partial charge in [0, 0.05) is 44.4 Å². The van der Waals surface area contributed by atoms with Crippen molar-refractivity contribution in [2.24, 2.45) is 5.92 Å². The highest BCUT2D eigenvalue weighted by Gasteiger charge is 2.40. The third-order valence-electron chi connectivity index (χ3n) is 5.62. The van der Waals surface area contributed by atoms with E-state index in [2.05, 4.69) is 4.74 Å². The van der Waals surface area contributed by atoms with Gasteiger partial charge in [-0.2, -0.15) is 0 Å². The van der Waals surface area contributed by atoms with Gasteiger partial charge in [0.2, 0.25) is 0 Å². The second-order valence-electron chi connectivity index (χ2n) is 7.59. The van der Waals surface area contributed by atoms with Crippen molar-refractivity contribution in [1.29, 1.82) is 0 Å². The van der Waals surface area contributed by atoms with Crippen molar-refractivity contribution in [2.45, 2.75) is 31.2 Å². The maximum Gasteiger partial charge on any atom is 0.573 e. The zero-order valence-corrected chi connectivity index (χ0v) is 15.2. The summed E-state index contributed by atoms with van der Waals surface area (Å²) in [5.41, 5.74) is 0.878. The monoisotopic (exact) mass is 398 g/mol. The van der Waals surface area contributed by atoms with Gasteiger partial charge in [-0.25, -0.2) is 4.79 Å². The van der Waals surface area contributed by atoms with Crippen LogP contribution in [0.4, 0.5) is 18.0 Å². The average molecular weight is 398 g/mol. The topological polar surface area (TPSA) is 59.1 Å². The molecule has 9 heteroatoms. The molecule has 0 spiro atoms. The van der Waals surface area contributed by atoms with E-state index in [-0.39, 0.29) is 42.1 Å². The Morgan fingerprint density at radius 1 is 1.11 bits per heavy atom. The second-order valence-corrected chi connectivity index (χ2v) is 7.59. The first-order chi connectivity index (χ1) is 13.3. The minimum absolute atomic E-state index is 0.0512. The maximum absolute atomic E-state index is 12.7. The molecular weight excluding hydrogens is 377 g/mol. The number of hydrogen-bond acceptors (Lipinski definition) is 4. The maximum atomic E-state index is 12.7. The number of ether oxygens (including phenoxy) is 2. The number of rotatable bonds is 2. The summed E-state index contributed by atoms with van der Waals surface area (Å²) in [4.78, 5) is 27.8. The molecule has 1 aromatic carbocycles. The van der Waals surface area contributed by atoms with Crippen molar-refractivity contribution >= 4 is 11.8 Å². The Morgan fingerprint density at radius 2 is 1.82 bits per heavy atom. The highest BCUT2D eigenvalue weighted by molar-refractivity contribution is 5.81. The van der Waals surface area contributed by atoms with Crippen LogP contribution < -0.4 is 4.74 Å². The van der Waals surface area contributed by atoms with Crippen molar-refractivity contribution < 1.29 is 32.2 Å². The second kappa shape index (κ2) is 7.27. The molecule has 3 saturated heterocycles. The Bertz CT molecular complexity index is 747. The van der Waals surface area contributed by atoms with Crippen LogP contribution in [-0.4, -0.2) is 66.9 Å². The van der Waals surface area contributed by atoms with E-state index in [1.807, 2.05) is 0 Å². The Balaban J connectivity index is 1.29. The van der Waals surface area contributed by atoms with Crippen LogP contribution in [0.3, 0.4) is 0 Å². The summed E-state index contributed by atoms with van der Waals surface area (Å²) in [5.74, 6) is -0.00800. The molecule has 0 aliphatic carbocycles. The number of fused-ring (bicyclic) bond motifs is 1. The summed E-state index contributed by atoms with van der Waals surface area (Å²) in [5, 5.41) is 0. The molecule has 2 atom stereocenters. The van der Waals surface area contributed by atoms with Crippen molar-refractivity contribution in [1.82, 2.24) is 9.80 Å². The smallest absolute Gasteiger partial charge is 0.406 e. The number of carbonyl (C=O) groups excluding carboxylic acids is 2. The standard InChI is InChI=1S/C19H21F3N2O4/c20-19(21,22)28-16-3-1-12(2-4-16)14-9-24(10-14)18(26)23-6-5-17-13(8-23)7-15(25)11-27-17/h1-4,13-14,17H,5-11H2/t13-,17+/m1/s1. The van der Waals surface area contributed by atoms with Gasteiger partial charge in [0.15, 0.2) is 5.78 Å². The molecule has 0 N–H and O–H groups in total. The molecule has 28 heavy (non-hydrogen) atoms. The summed E-state index contributed by atoms with van der Waals surface area (Å²) < 4.78 is 46.1. The predicted octanol–water partition coefficient (Wildman–Crippen LogP) is 2.78. The summed E-state index contributed by atoms with van der Waals surface area (Å²) >= 11 is 0. The average Bonchev–Trinajstić information content (AvgIpc) is 2.60. The molecule has 0 radical (unpaired) electrons. The fourth-order valence-electron chi connectivity index (χ4n) is 4.14. The molecule has 0 unspecified atom stereocenters. The van der Waals surface area contributed by atoms with Crippen LogP contribution in [0.1, 0.15) is 24.3 Å². The molecule has 0 saturated carbocycles. The molecule has 152 valence electrons. The van der Waals surface area contributed by atoms with Gasteiger partial charge in [-0.1, -0.05) is 12.1 Å². The number of alkyl halides is 3. The number of carbonyl (C=O) groups is 2. The molecule has 3 aliphatic heterocycles. The quantitative estimate of drug-likeness (QED) is 0.769. The summed E-state index contributed by atoms with van der Waals surface area (Å²) in [7, 11) is 0. The van der Waals surface area contributed by atoms with E-state index in [1.165, 1.54) is 12.1 Å². The third-order valence-corrected chi connectivity index (χ3v) is 5.62. The number of benzene rings is 1. The van der Waals surface area contributed by atoms with E-state index in [1.54, 1.807) is 21.9 Å². The first-order valence-electron chi connectivity index (χ1n) is 9.31. The van der Waals surface area contributed by atoms with E-state index in [0.29, 0.717) is 32.6 Å². The third kappa shape index (κ3) is 4.09. The molecule has 3 fully saturated rings. The lowest BCUT2D eigenvalue weighted by atomic mass is 9.87. The number of piperidine rings is 1. The number of amides is 2. The first kappa shape index (κ1) is 19.0. The van der Waals surface area contributed by atoms with E-state index in [4.69, 9.17) is 4.74 Å². The fraction of sp³-hybridized carbons (Fsp3) is 0.579. The molecule has 2 amide bonds. The number of Topliss-reactive ketones (excluding diaryl/α,β-unsaturated/α-hetero) is 1. The highest BCUT2D eigenvalue weighted by Crippen LogP contribution is 2.32. The van der Waals surface area contributed by atoms with Crippen LogP contribution in [0.2, 0.25) is 0 Å². The normalized spacial score (nSPS) is 25.9. The Hall–Kier alpha value is -2.29. The summed E-state index contributed by atoms with van der Waals surface area (Å²) in [6, 6.07) is 5.73. The van der Waals surface area contributed by atoms with Crippen LogP contribution >= 0.6 is 0 Å². The predicted molar refractivity (Wildman–Crippen MR) is 91.9 cm³/mol. The van der Waals surface area contributed by atoms with Gasteiger partial charge >= 0.3 is 12.4 Å². The molecule has 6 nitrogen and oxygen atoms in total. The number of nitrogens with zero attached hydrogens (tertiary/aromatic N) is 2. The van der Waals surface area contributed by atoms with Crippen LogP contribution in [-0.2, 0) is 9.53 Å². The van der Waals surface area contributed by atoms with Crippen LogP contribution in [0.5, 0.6) is 5.75 Å². The Kier molecular flexibility index (Phi) is 4.95. The molecule has 3 aliphatic rings.